The second kappa shape index (κ2) is 6.49. The van der Waals surface area contributed by atoms with Gasteiger partial charge in [-0.2, -0.15) is 0 Å². The van der Waals surface area contributed by atoms with E-state index in [1.807, 2.05) is 26.0 Å². The maximum atomic E-state index is 12.6. The fourth-order valence-corrected chi connectivity index (χ4v) is 4.21. The van der Waals surface area contributed by atoms with Crippen molar-refractivity contribution in [3.05, 3.63) is 52.2 Å². The number of ketones is 1. The van der Waals surface area contributed by atoms with Gasteiger partial charge >= 0.3 is 0 Å². The molecule has 1 aromatic carbocycles. The van der Waals surface area contributed by atoms with Gasteiger partial charge in [-0.05, 0) is 67.0 Å². The van der Waals surface area contributed by atoms with Crippen LogP contribution in [0.25, 0.3) is 16.5 Å². The standard InChI is InChI=1S/C22H26ClNO/c1-12(2)15-9-17(14(5)20(25)10-15)22-21(13(3)4)18-11-16(23)7-8-19(18)24(22)6/h7-8,11,13,15H,1,9-10H2,2-6H3. The molecule has 1 aliphatic rings. The number of halogens is 1. The predicted octanol–water partition coefficient (Wildman–Crippen LogP) is 6.28. The Bertz CT molecular complexity index is 914. The van der Waals surface area contributed by atoms with E-state index in [0.717, 1.165) is 28.1 Å². The van der Waals surface area contributed by atoms with Crippen LogP contribution >= 0.6 is 11.6 Å². The number of aromatic nitrogens is 1. The summed E-state index contributed by atoms with van der Waals surface area (Å²) in [7, 11) is 2.09. The van der Waals surface area contributed by atoms with Crippen LogP contribution in [-0.2, 0) is 11.8 Å². The van der Waals surface area contributed by atoms with E-state index < -0.39 is 0 Å². The van der Waals surface area contributed by atoms with E-state index in [2.05, 4.69) is 38.1 Å². The second-order valence-electron chi connectivity index (χ2n) is 7.62. The Morgan fingerprint density at radius 2 is 2.00 bits per heavy atom. The van der Waals surface area contributed by atoms with Crippen LogP contribution in [0.5, 0.6) is 0 Å². The third-order valence-corrected chi connectivity index (χ3v) is 5.75. The van der Waals surface area contributed by atoms with Crippen molar-refractivity contribution in [1.82, 2.24) is 4.57 Å². The molecule has 132 valence electrons. The zero-order chi connectivity index (χ0) is 18.5. The minimum absolute atomic E-state index is 0.229. The van der Waals surface area contributed by atoms with Gasteiger partial charge in [0.15, 0.2) is 5.78 Å². The van der Waals surface area contributed by atoms with E-state index in [4.69, 9.17) is 11.6 Å². The number of hydrogen-bond donors (Lipinski definition) is 0. The summed E-state index contributed by atoms with van der Waals surface area (Å²) in [4.78, 5) is 12.6. The molecule has 0 fully saturated rings. The summed E-state index contributed by atoms with van der Waals surface area (Å²) >= 11 is 6.27. The Hall–Kier alpha value is -1.80. The Morgan fingerprint density at radius 1 is 1.32 bits per heavy atom. The third kappa shape index (κ3) is 2.97. The van der Waals surface area contributed by atoms with E-state index in [-0.39, 0.29) is 11.7 Å². The molecule has 1 aromatic heterocycles. The summed E-state index contributed by atoms with van der Waals surface area (Å²) in [6.45, 7) is 12.5. The van der Waals surface area contributed by atoms with Crippen molar-refractivity contribution in [2.24, 2.45) is 13.0 Å². The number of carbonyl (C=O) groups excluding carboxylic acids is 1. The van der Waals surface area contributed by atoms with Crippen molar-refractivity contribution in [2.45, 2.75) is 46.5 Å². The van der Waals surface area contributed by atoms with Crippen molar-refractivity contribution in [3.63, 3.8) is 0 Å². The van der Waals surface area contributed by atoms with Crippen LogP contribution in [0, 0.1) is 5.92 Å². The molecule has 2 nitrogen and oxygen atoms in total. The highest BCUT2D eigenvalue weighted by molar-refractivity contribution is 6.31. The van der Waals surface area contributed by atoms with Crippen LogP contribution in [0.3, 0.4) is 0 Å². The molecule has 0 N–H and O–H groups in total. The molecular weight excluding hydrogens is 330 g/mol. The number of allylic oxidation sites excluding steroid dienone is 3. The SMILES string of the molecule is C=C(C)C1CC(=O)C(C)=C(c2c(C(C)C)c3cc(Cl)ccc3n2C)C1. The average Bonchev–Trinajstić information content (AvgIpc) is 2.82. The molecule has 0 aliphatic heterocycles. The van der Waals surface area contributed by atoms with Gasteiger partial charge in [0.1, 0.15) is 0 Å². The summed E-state index contributed by atoms with van der Waals surface area (Å²) < 4.78 is 2.23. The molecule has 0 radical (unpaired) electrons. The van der Waals surface area contributed by atoms with Gasteiger partial charge in [0, 0.05) is 35.1 Å². The molecule has 0 saturated heterocycles. The highest BCUT2D eigenvalue weighted by atomic mass is 35.5. The van der Waals surface area contributed by atoms with Crippen LogP contribution < -0.4 is 0 Å². The van der Waals surface area contributed by atoms with Crippen LogP contribution in [0.4, 0.5) is 0 Å². The quantitative estimate of drug-likeness (QED) is 0.593. The van der Waals surface area contributed by atoms with Gasteiger partial charge in [-0.15, -0.1) is 0 Å². The number of aryl methyl sites for hydroxylation is 1. The first-order chi connectivity index (χ1) is 11.7. The normalized spacial score (nSPS) is 18.5. The van der Waals surface area contributed by atoms with Gasteiger partial charge in [-0.25, -0.2) is 0 Å². The number of carbonyl (C=O) groups is 1. The van der Waals surface area contributed by atoms with E-state index in [9.17, 15) is 4.79 Å². The molecule has 25 heavy (non-hydrogen) atoms. The first-order valence-electron chi connectivity index (χ1n) is 8.88. The number of rotatable bonds is 3. The number of fused-ring (bicyclic) bond motifs is 1. The molecule has 1 heterocycles. The molecule has 0 amide bonds. The molecule has 0 saturated carbocycles. The molecule has 1 aliphatic carbocycles. The van der Waals surface area contributed by atoms with Crippen molar-refractivity contribution in [1.29, 1.82) is 0 Å². The van der Waals surface area contributed by atoms with E-state index >= 15 is 0 Å². The summed E-state index contributed by atoms with van der Waals surface area (Å²) in [5.41, 5.74) is 6.78. The van der Waals surface area contributed by atoms with E-state index in [0.29, 0.717) is 12.3 Å². The summed E-state index contributed by atoms with van der Waals surface area (Å²) in [5, 5.41) is 1.93. The lowest BCUT2D eigenvalue weighted by Gasteiger charge is -2.27. The van der Waals surface area contributed by atoms with Gasteiger partial charge < -0.3 is 4.57 Å². The second-order valence-corrected chi connectivity index (χ2v) is 8.05. The molecule has 1 atom stereocenters. The predicted molar refractivity (Wildman–Crippen MR) is 107 cm³/mol. The molecular formula is C22H26ClNO. The first-order valence-corrected chi connectivity index (χ1v) is 9.26. The molecule has 0 spiro atoms. The fourth-order valence-electron chi connectivity index (χ4n) is 4.03. The molecule has 0 bridgehead atoms. The van der Waals surface area contributed by atoms with Gasteiger partial charge in [-0.3, -0.25) is 4.79 Å². The van der Waals surface area contributed by atoms with Crippen molar-refractivity contribution < 1.29 is 4.79 Å². The molecule has 3 rings (SSSR count). The Kier molecular flexibility index (Phi) is 4.68. The summed E-state index contributed by atoms with van der Waals surface area (Å²) in [6.07, 6.45) is 1.46. The van der Waals surface area contributed by atoms with Crippen LogP contribution in [0.2, 0.25) is 5.02 Å². The maximum absolute atomic E-state index is 12.6. The average molecular weight is 356 g/mol. The van der Waals surface area contributed by atoms with Crippen molar-refractivity contribution in [3.8, 4) is 0 Å². The van der Waals surface area contributed by atoms with Crippen molar-refractivity contribution in [2.75, 3.05) is 0 Å². The Labute approximate surface area is 155 Å². The fraction of sp³-hybridized carbons (Fsp3) is 0.409. The highest BCUT2D eigenvalue weighted by Gasteiger charge is 2.30. The zero-order valence-corrected chi connectivity index (χ0v) is 16.5. The van der Waals surface area contributed by atoms with E-state index in [1.54, 1.807) is 0 Å². The Morgan fingerprint density at radius 3 is 2.60 bits per heavy atom. The minimum atomic E-state index is 0.229. The zero-order valence-electron chi connectivity index (χ0n) is 15.7. The lowest BCUT2D eigenvalue weighted by molar-refractivity contribution is -0.116. The first kappa shape index (κ1) is 18.0. The molecule has 2 aromatic rings. The molecule has 1 unspecified atom stereocenters. The number of hydrogen-bond acceptors (Lipinski definition) is 1. The largest absolute Gasteiger partial charge is 0.344 e. The monoisotopic (exact) mass is 355 g/mol. The maximum Gasteiger partial charge on any atom is 0.159 e. The minimum Gasteiger partial charge on any atom is -0.344 e. The van der Waals surface area contributed by atoms with Crippen LogP contribution in [0.15, 0.2) is 35.9 Å². The van der Waals surface area contributed by atoms with Gasteiger partial charge in [-0.1, -0.05) is 37.6 Å². The van der Waals surface area contributed by atoms with Gasteiger partial charge in [0.25, 0.3) is 0 Å². The third-order valence-electron chi connectivity index (χ3n) is 5.51. The van der Waals surface area contributed by atoms with Crippen LogP contribution in [0.1, 0.15) is 57.7 Å². The Balaban J connectivity index is 2.32. The smallest absolute Gasteiger partial charge is 0.159 e. The van der Waals surface area contributed by atoms with Gasteiger partial charge in [0.05, 0.1) is 0 Å². The lowest BCUT2D eigenvalue weighted by Crippen LogP contribution is -2.20. The van der Waals surface area contributed by atoms with Gasteiger partial charge in [0.2, 0.25) is 0 Å². The summed E-state index contributed by atoms with van der Waals surface area (Å²) in [5.74, 6) is 0.817. The number of benzene rings is 1. The lowest BCUT2D eigenvalue weighted by atomic mass is 9.78. The van der Waals surface area contributed by atoms with Crippen LogP contribution in [-0.4, -0.2) is 10.4 Å². The van der Waals surface area contributed by atoms with E-state index in [1.165, 1.54) is 22.2 Å². The topological polar surface area (TPSA) is 22.0 Å². The van der Waals surface area contributed by atoms with Crippen molar-refractivity contribution >= 4 is 33.9 Å². The number of Topliss-reactive ketones (excluding diaryl/α,β-unsaturated/α-hetero) is 1. The highest BCUT2D eigenvalue weighted by Crippen LogP contribution is 2.43. The summed E-state index contributed by atoms with van der Waals surface area (Å²) in [6, 6.07) is 6.05. The molecule has 3 heteroatoms. The number of nitrogens with zero attached hydrogens (tertiary/aromatic N) is 1.